The number of benzene rings is 1. The minimum Gasteiger partial charge on any atom is -0.337 e. The molecule has 1 saturated carbocycles. The first-order chi connectivity index (χ1) is 13.0. The van der Waals surface area contributed by atoms with Crippen molar-refractivity contribution in [3.05, 3.63) is 58.9 Å². The molecule has 0 bridgehead atoms. The highest BCUT2D eigenvalue weighted by atomic mass is 16.2. The highest BCUT2D eigenvalue weighted by molar-refractivity contribution is 6.05. The van der Waals surface area contributed by atoms with E-state index < -0.39 is 0 Å². The lowest BCUT2D eigenvalue weighted by Gasteiger charge is -2.19. The summed E-state index contributed by atoms with van der Waals surface area (Å²) in [6.45, 7) is 6.84. The Morgan fingerprint density at radius 3 is 2.70 bits per heavy atom. The van der Waals surface area contributed by atoms with Gasteiger partial charge in [-0.1, -0.05) is 24.3 Å². The Bertz CT molecular complexity index is 1000. The molecule has 140 valence electrons. The predicted octanol–water partition coefficient (Wildman–Crippen LogP) is 4.47. The Balaban J connectivity index is 1.73. The maximum atomic E-state index is 13.3. The van der Waals surface area contributed by atoms with Gasteiger partial charge in [0.05, 0.1) is 17.1 Å². The Kier molecular flexibility index (Phi) is 4.46. The largest absolute Gasteiger partial charge is 0.337 e. The number of aromatic nitrogens is 3. The van der Waals surface area contributed by atoms with Crippen molar-refractivity contribution in [2.45, 2.75) is 52.1 Å². The van der Waals surface area contributed by atoms with Gasteiger partial charge >= 0.3 is 0 Å². The van der Waals surface area contributed by atoms with Gasteiger partial charge in [0.2, 0.25) is 0 Å². The Morgan fingerprint density at radius 1 is 1.30 bits per heavy atom. The molecular formula is C22H26N4O. The summed E-state index contributed by atoms with van der Waals surface area (Å²) in [6.07, 6.45) is 4.09. The molecule has 0 N–H and O–H groups in total. The standard InChI is InChI=1S/C22H26N4O/c1-14(2)26-21-19(12-23-26)18(11-20(24-21)16-9-10-16)22(27)25(4)13-17-8-6-5-7-15(17)3/h5-8,11-12,14,16H,9-10,13H2,1-4H3. The maximum Gasteiger partial charge on any atom is 0.254 e. The van der Waals surface area contributed by atoms with E-state index in [1.165, 1.54) is 11.1 Å². The molecule has 4 rings (SSSR count). The van der Waals surface area contributed by atoms with Crippen LogP contribution in [0.25, 0.3) is 11.0 Å². The molecule has 1 aromatic carbocycles. The molecule has 27 heavy (non-hydrogen) atoms. The third-order valence-electron chi connectivity index (χ3n) is 5.32. The first kappa shape index (κ1) is 17.7. The van der Waals surface area contributed by atoms with E-state index in [1.807, 2.05) is 29.9 Å². The fraction of sp³-hybridized carbons (Fsp3) is 0.409. The van der Waals surface area contributed by atoms with Crippen molar-refractivity contribution < 1.29 is 4.79 Å². The first-order valence-electron chi connectivity index (χ1n) is 9.64. The molecular weight excluding hydrogens is 336 g/mol. The van der Waals surface area contributed by atoms with Crippen molar-refractivity contribution in [2.24, 2.45) is 0 Å². The number of hydrogen-bond donors (Lipinski definition) is 0. The van der Waals surface area contributed by atoms with Crippen molar-refractivity contribution in [3.8, 4) is 0 Å². The summed E-state index contributed by atoms with van der Waals surface area (Å²) in [5.41, 5.74) is 4.92. The molecule has 3 aromatic rings. The quantitative estimate of drug-likeness (QED) is 0.673. The third kappa shape index (κ3) is 3.34. The lowest BCUT2D eigenvalue weighted by Crippen LogP contribution is -2.27. The minimum absolute atomic E-state index is 0.0239. The molecule has 0 atom stereocenters. The number of pyridine rings is 1. The van der Waals surface area contributed by atoms with E-state index >= 15 is 0 Å². The van der Waals surface area contributed by atoms with E-state index in [9.17, 15) is 4.79 Å². The Morgan fingerprint density at radius 2 is 2.04 bits per heavy atom. The van der Waals surface area contributed by atoms with Gasteiger partial charge in [-0.3, -0.25) is 4.79 Å². The van der Waals surface area contributed by atoms with E-state index in [0.29, 0.717) is 18.0 Å². The van der Waals surface area contributed by atoms with Gasteiger partial charge in [0.25, 0.3) is 5.91 Å². The van der Waals surface area contributed by atoms with Gasteiger partial charge in [-0.2, -0.15) is 5.10 Å². The molecule has 0 unspecified atom stereocenters. The number of carbonyl (C=O) groups is 1. The SMILES string of the molecule is Cc1ccccc1CN(C)C(=O)c1cc(C2CC2)nc2c1cnn2C(C)C. The number of aryl methyl sites for hydroxylation is 1. The second-order valence-corrected chi connectivity index (χ2v) is 7.88. The average molecular weight is 362 g/mol. The van der Waals surface area contributed by atoms with Gasteiger partial charge in [0.15, 0.2) is 5.65 Å². The average Bonchev–Trinajstić information content (AvgIpc) is 3.41. The van der Waals surface area contributed by atoms with Gasteiger partial charge in [-0.05, 0) is 50.8 Å². The summed E-state index contributed by atoms with van der Waals surface area (Å²) in [6, 6.07) is 10.4. The van der Waals surface area contributed by atoms with Gasteiger partial charge in [-0.25, -0.2) is 9.67 Å². The molecule has 1 aliphatic rings. The van der Waals surface area contributed by atoms with Crippen LogP contribution >= 0.6 is 0 Å². The van der Waals surface area contributed by atoms with Crippen LogP contribution in [-0.4, -0.2) is 32.6 Å². The topological polar surface area (TPSA) is 51.0 Å². The molecule has 0 aliphatic heterocycles. The number of fused-ring (bicyclic) bond motifs is 1. The normalized spacial score (nSPS) is 14.1. The van der Waals surface area contributed by atoms with E-state index in [-0.39, 0.29) is 11.9 Å². The predicted molar refractivity (Wildman–Crippen MR) is 107 cm³/mol. The smallest absolute Gasteiger partial charge is 0.254 e. The lowest BCUT2D eigenvalue weighted by atomic mass is 10.1. The third-order valence-corrected chi connectivity index (χ3v) is 5.32. The number of rotatable bonds is 5. The molecule has 0 saturated heterocycles. The summed E-state index contributed by atoms with van der Waals surface area (Å²) in [7, 11) is 1.87. The fourth-order valence-corrected chi connectivity index (χ4v) is 3.50. The summed E-state index contributed by atoms with van der Waals surface area (Å²) < 4.78 is 1.92. The second kappa shape index (κ2) is 6.80. The van der Waals surface area contributed by atoms with Gasteiger partial charge in [0.1, 0.15) is 0 Å². The Hall–Kier alpha value is -2.69. The van der Waals surface area contributed by atoms with Crippen LogP contribution in [0.4, 0.5) is 0 Å². The summed E-state index contributed by atoms with van der Waals surface area (Å²) in [5.74, 6) is 0.508. The summed E-state index contributed by atoms with van der Waals surface area (Å²) >= 11 is 0. The van der Waals surface area contributed by atoms with E-state index in [0.717, 1.165) is 29.6 Å². The molecule has 2 aromatic heterocycles. The van der Waals surface area contributed by atoms with Gasteiger partial charge < -0.3 is 4.90 Å². The molecule has 1 aliphatic carbocycles. The van der Waals surface area contributed by atoms with Crippen LogP contribution in [0.15, 0.2) is 36.5 Å². The van der Waals surface area contributed by atoms with Crippen LogP contribution in [0.1, 0.15) is 65.8 Å². The molecule has 0 radical (unpaired) electrons. The van der Waals surface area contributed by atoms with Crippen molar-refractivity contribution in [2.75, 3.05) is 7.05 Å². The van der Waals surface area contributed by atoms with E-state index in [4.69, 9.17) is 4.98 Å². The number of carbonyl (C=O) groups excluding carboxylic acids is 1. The molecule has 2 heterocycles. The monoisotopic (exact) mass is 362 g/mol. The Labute approximate surface area is 160 Å². The van der Waals surface area contributed by atoms with Crippen LogP contribution in [0.3, 0.4) is 0 Å². The number of nitrogens with zero attached hydrogens (tertiary/aromatic N) is 4. The van der Waals surface area contributed by atoms with E-state index in [2.05, 4.69) is 38.0 Å². The highest BCUT2D eigenvalue weighted by Crippen LogP contribution is 2.40. The zero-order valence-electron chi connectivity index (χ0n) is 16.4. The van der Waals surface area contributed by atoms with Crippen LogP contribution in [-0.2, 0) is 6.54 Å². The maximum absolute atomic E-state index is 13.3. The highest BCUT2D eigenvalue weighted by Gasteiger charge is 2.29. The van der Waals surface area contributed by atoms with Crippen molar-refractivity contribution in [3.63, 3.8) is 0 Å². The molecule has 1 fully saturated rings. The van der Waals surface area contributed by atoms with Crippen molar-refractivity contribution >= 4 is 16.9 Å². The fourth-order valence-electron chi connectivity index (χ4n) is 3.50. The van der Waals surface area contributed by atoms with E-state index in [1.54, 1.807) is 11.1 Å². The summed E-state index contributed by atoms with van der Waals surface area (Å²) in [5, 5.41) is 5.34. The van der Waals surface area contributed by atoms with Gasteiger partial charge in [0, 0.05) is 31.2 Å². The summed E-state index contributed by atoms with van der Waals surface area (Å²) in [4.78, 5) is 20.0. The first-order valence-corrected chi connectivity index (χ1v) is 9.64. The van der Waals surface area contributed by atoms with Crippen LogP contribution in [0, 0.1) is 6.92 Å². The van der Waals surface area contributed by atoms with Crippen LogP contribution in [0.5, 0.6) is 0 Å². The second-order valence-electron chi connectivity index (χ2n) is 7.88. The number of amides is 1. The zero-order valence-corrected chi connectivity index (χ0v) is 16.4. The molecule has 5 nitrogen and oxygen atoms in total. The number of hydrogen-bond acceptors (Lipinski definition) is 3. The lowest BCUT2D eigenvalue weighted by molar-refractivity contribution is 0.0786. The van der Waals surface area contributed by atoms with Gasteiger partial charge in [-0.15, -0.1) is 0 Å². The molecule has 0 spiro atoms. The molecule has 5 heteroatoms. The van der Waals surface area contributed by atoms with Crippen molar-refractivity contribution in [1.82, 2.24) is 19.7 Å². The minimum atomic E-state index is 0.0239. The van der Waals surface area contributed by atoms with Crippen molar-refractivity contribution in [1.29, 1.82) is 0 Å². The zero-order chi connectivity index (χ0) is 19.1. The van der Waals surface area contributed by atoms with Crippen LogP contribution in [0.2, 0.25) is 0 Å². The van der Waals surface area contributed by atoms with Crippen LogP contribution < -0.4 is 0 Å². The molecule has 1 amide bonds.